The molecular weight excluding hydrogens is 452 g/mol. The molecular formula is C28H32N6O2. The van der Waals surface area contributed by atoms with Crippen molar-refractivity contribution in [3.05, 3.63) is 72.1 Å². The molecule has 2 fully saturated rings. The van der Waals surface area contributed by atoms with E-state index in [1.54, 1.807) is 0 Å². The highest BCUT2D eigenvalue weighted by Crippen LogP contribution is 2.31. The van der Waals surface area contributed by atoms with Crippen LogP contribution in [0.5, 0.6) is 5.88 Å². The Labute approximate surface area is 211 Å². The van der Waals surface area contributed by atoms with Gasteiger partial charge in [-0.15, -0.1) is 0 Å². The third kappa shape index (κ3) is 4.99. The molecule has 0 saturated carbocycles. The van der Waals surface area contributed by atoms with Crippen LogP contribution in [-0.4, -0.2) is 58.9 Å². The first kappa shape index (κ1) is 22.8. The van der Waals surface area contributed by atoms with Gasteiger partial charge in [-0.1, -0.05) is 29.4 Å². The van der Waals surface area contributed by atoms with Gasteiger partial charge in [0.1, 0.15) is 5.82 Å². The standard InChI is InChI=1S/C28H32N6O2/c1-20-6-4-10-26(30-20)29-16-22-7-5-11-27(31-22)35-19-21-12-13-23-18-34(15-14-33(23)17-21)28-24-8-2-3-9-25(24)36-32-28/h2-11,21,23H,12-19H2,1H3,(H,29,30). The van der Waals surface area contributed by atoms with Gasteiger partial charge in [-0.25, -0.2) is 9.97 Å². The van der Waals surface area contributed by atoms with Crippen molar-refractivity contribution < 1.29 is 9.26 Å². The van der Waals surface area contributed by atoms with Gasteiger partial charge < -0.3 is 19.5 Å². The van der Waals surface area contributed by atoms with Gasteiger partial charge in [0.05, 0.1) is 24.2 Å². The van der Waals surface area contributed by atoms with Gasteiger partial charge in [0.2, 0.25) is 5.88 Å². The van der Waals surface area contributed by atoms with E-state index in [-0.39, 0.29) is 0 Å². The molecule has 0 amide bonds. The van der Waals surface area contributed by atoms with Crippen molar-refractivity contribution in [3.63, 3.8) is 0 Å². The molecule has 5 heterocycles. The monoisotopic (exact) mass is 484 g/mol. The van der Waals surface area contributed by atoms with Crippen LogP contribution in [0, 0.1) is 12.8 Å². The van der Waals surface area contributed by atoms with Crippen LogP contribution in [0.3, 0.4) is 0 Å². The number of fused-ring (bicyclic) bond motifs is 2. The molecule has 1 N–H and O–H groups in total. The summed E-state index contributed by atoms with van der Waals surface area (Å²) in [7, 11) is 0. The number of piperidine rings is 1. The summed E-state index contributed by atoms with van der Waals surface area (Å²) in [5, 5.41) is 8.82. The van der Waals surface area contributed by atoms with Crippen molar-refractivity contribution in [1.82, 2.24) is 20.0 Å². The minimum absolute atomic E-state index is 0.515. The molecule has 2 atom stereocenters. The van der Waals surface area contributed by atoms with Crippen molar-refractivity contribution in [3.8, 4) is 5.88 Å². The highest BCUT2D eigenvalue weighted by atomic mass is 16.5. The molecule has 0 bridgehead atoms. The summed E-state index contributed by atoms with van der Waals surface area (Å²) in [5.74, 6) is 3.04. The molecule has 2 saturated heterocycles. The number of rotatable bonds is 7. The van der Waals surface area contributed by atoms with Gasteiger partial charge in [0.25, 0.3) is 0 Å². The summed E-state index contributed by atoms with van der Waals surface area (Å²) in [6.07, 6.45) is 2.33. The zero-order valence-corrected chi connectivity index (χ0v) is 20.6. The van der Waals surface area contributed by atoms with Crippen LogP contribution in [0.2, 0.25) is 0 Å². The van der Waals surface area contributed by atoms with Gasteiger partial charge >= 0.3 is 0 Å². The summed E-state index contributed by atoms with van der Waals surface area (Å²) < 4.78 is 11.7. The number of pyridine rings is 2. The SMILES string of the molecule is Cc1cccc(NCc2cccc(OCC3CCC4CN(c5noc6ccccc56)CCN4C3)n2)n1. The summed E-state index contributed by atoms with van der Waals surface area (Å²) in [6, 6.07) is 20.6. The highest BCUT2D eigenvalue weighted by Gasteiger charge is 2.34. The third-order valence-electron chi connectivity index (χ3n) is 7.25. The average Bonchev–Trinajstić information content (AvgIpc) is 3.35. The first-order chi connectivity index (χ1) is 17.7. The largest absolute Gasteiger partial charge is 0.477 e. The number of nitrogens with zero attached hydrogens (tertiary/aromatic N) is 5. The fourth-order valence-corrected chi connectivity index (χ4v) is 5.35. The van der Waals surface area contributed by atoms with Gasteiger partial charge in [-0.05, 0) is 50.1 Å². The molecule has 8 nitrogen and oxygen atoms in total. The lowest BCUT2D eigenvalue weighted by Gasteiger charge is -2.46. The van der Waals surface area contributed by atoms with Crippen LogP contribution in [0.4, 0.5) is 11.6 Å². The van der Waals surface area contributed by atoms with Gasteiger partial charge in [-0.2, -0.15) is 0 Å². The maximum atomic E-state index is 6.15. The van der Waals surface area contributed by atoms with Crippen molar-refractivity contribution >= 4 is 22.6 Å². The summed E-state index contributed by atoms with van der Waals surface area (Å²) in [5.41, 5.74) is 2.79. The molecule has 2 aliphatic rings. The van der Waals surface area contributed by atoms with Gasteiger partial charge in [0, 0.05) is 49.9 Å². The predicted molar refractivity (Wildman–Crippen MR) is 140 cm³/mol. The fraction of sp³-hybridized carbons (Fsp3) is 0.393. The van der Waals surface area contributed by atoms with Crippen LogP contribution in [-0.2, 0) is 6.54 Å². The first-order valence-electron chi connectivity index (χ1n) is 12.8. The fourth-order valence-electron chi connectivity index (χ4n) is 5.35. The lowest BCUT2D eigenvalue weighted by Crippen LogP contribution is -2.57. The van der Waals surface area contributed by atoms with E-state index in [9.17, 15) is 0 Å². The number of aromatic nitrogens is 3. The van der Waals surface area contributed by atoms with E-state index in [1.165, 1.54) is 6.42 Å². The highest BCUT2D eigenvalue weighted by molar-refractivity contribution is 5.88. The molecule has 36 heavy (non-hydrogen) atoms. The Hall–Kier alpha value is -3.65. The van der Waals surface area contributed by atoms with Gasteiger partial charge in [-0.3, -0.25) is 4.90 Å². The van der Waals surface area contributed by atoms with Crippen molar-refractivity contribution in [2.24, 2.45) is 5.92 Å². The summed E-state index contributed by atoms with van der Waals surface area (Å²) in [6.45, 7) is 7.37. The molecule has 3 aromatic heterocycles. The van der Waals surface area contributed by atoms with Crippen LogP contribution >= 0.6 is 0 Å². The molecule has 8 heteroatoms. The Bertz CT molecular complexity index is 1320. The van der Waals surface area contributed by atoms with Crippen LogP contribution in [0.25, 0.3) is 11.0 Å². The second-order valence-electron chi connectivity index (χ2n) is 9.84. The zero-order valence-electron chi connectivity index (χ0n) is 20.6. The lowest BCUT2D eigenvalue weighted by atomic mass is 9.91. The Balaban J connectivity index is 1.00. The second kappa shape index (κ2) is 10.1. The number of para-hydroxylation sites is 1. The van der Waals surface area contributed by atoms with Crippen LogP contribution < -0.4 is 15.0 Å². The van der Waals surface area contributed by atoms with E-state index in [0.29, 0.717) is 31.0 Å². The van der Waals surface area contributed by atoms with Crippen molar-refractivity contribution in [2.45, 2.75) is 32.4 Å². The van der Waals surface area contributed by atoms with E-state index in [2.05, 4.69) is 31.3 Å². The number of nitrogens with one attached hydrogen (secondary N) is 1. The molecule has 2 unspecified atom stereocenters. The average molecular weight is 485 g/mol. The Morgan fingerprint density at radius 2 is 1.89 bits per heavy atom. The normalized spacial score (nSPS) is 20.3. The molecule has 4 aromatic rings. The van der Waals surface area contributed by atoms with E-state index in [1.807, 2.05) is 61.5 Å². The third-order valence-corrected chi connectivity index (χ3v) is 7.25. The Morgan fingerprint density at radius 1 is 0.972 bits per heavy atom. The van der Waals surface area contributed by atoms with E-state index in [4.69, 9.17) is 14.2 Å². The second-order valence-corrected chi connectivity index (χ2v) is 9.84. The van der Waals surface area contributed by atoms with Crippen LogP contribution in [0.1, 0.15) is 24.2 Å². The Kier molecular flexibility index (Phi) is 6.42. The van der Waals surface area contributed by atoms with E-state index >= 15 is 0 Å². The molecule has 6 rings (SSSR count). The molecule has 0 aliphatic carbocycles. The smallest absolute Gasteiger partial charge is 0.213 e. The van der Waals surface area contributed by atoms with E-state index in [0.717, 1.165) is 66.6 Å². The van der Waals surface area contributed by atoms with Gasteiger partial charge in [0.15, 0.2) is 11.4 Å². The Morgan fingerprint density at radius 3 is 2.83 bits per heavy atom. The number of anilines is 2. The number of ether oxygens (including phenoxy) is 1. The molecule has 1 aromatic carbocycles. The minimum atomic E-state index is 0.515. The topological polar surface area (TPSA) is 79.5 Å². The van der Waals surface area contributed by atoms with Crippen LogP contribution in [0.15, 0.2) is 65.2 Å². The molecule has 2 aliphatic heterocycles. The quantitative estimate of drug-likeness (QED) is 0.410. The number of piperazine rings is 1. The van der Waals surface area contributed by atoms with Crippen molar-refractivity contribution in [1.29, 1.82) is 0 Å². The minimum Gasteiger partial charge on any atom is -0.477 e. The predicted octanol–water partition coefficient (Wildman–Crippen LogP) is 4.52. The molecule has 0 spiro atoms. The number of hydrogen-bond acceptors (Lipinski definition) is 8. The molecule has 186 valence electrons. The molecule has 0 radical (unpaired) electrons. The number of hydrogen-bond donors (Lipinski definition) is 1. The number of benzene rings is 1. The zero-order chi connectivity index (χ0) is 24.3. The lowest BCUT2D eigenvalue weighted by molar-refractivity contribution is 0.0716. The maximum Gasteiger partial charge on any atom is 0.213 e. The van der Waals surface area contributed by atoms with Crippen molar-refractivity contribution in [2.75, 3.05) is 43.0 Å². The maximum absolute atomic E-state index is 6.15. The van der Waals surface area contributed by atoms with E-state index < -0.39 is 0 Å². The number of aryl methyl sites for hydroxylation is 1. The summed E-state index contributed by atoms with van der Waals surface area (Å²) >= 11 is 0. The summed E-state index contributed by atoms with van der Waals surface area (Å²) in [4.78, 5) is 14.2. The first-order valence-corrected chi connectivity index (χ1v) is 12.8.